The Bertz CT molecular complexity index is 508. The summed E-state index contributed by atoms with van der Waals surface area (Å²) in [5.41, 5.74) is 1.91. The minimum absolute atomic E-state index is 0.276. The molecule has 90 valence electrons. The molecule has 0 saturated heterocycles. The second-order valence-electron chi connectivity index (χ2n) is 3.67. The van der Waals surface area contributed by atoms with Crippen molar-refractivity contribution in [3.63, 3.8) is 0 Å². The van der Waals surface area contributed by atoms with E-state index >= 15 is 0 Å². The number of alkyl halides is 1. The Labute approximate surface area is 124 Å². The fourth-order valence-electron chi connectivity index (χ4n) is 1.49. The first kappa shape index (κ1) is 13.5. The van der Waals surface area contributed by atoms with Crippen LogP contribution in [0, 0.1) is 6.92 Å². The van der Waals surface area contributed by atoms with Crippen LogP contribution >= 0.6 is 57.7 Å². The van der Waals surface area contributed by atoms with Crippen LogP contribution in [0.2, 0.25) is 14.4 Å². The summed E-state index contributed by atoms with van der Waals surface area (Å²) in [4.78, 5) is 0.993. The molecule has 1 atom stereocenters. The third-order valence-corrected chi connectivity index (χ3v) is 4.98. The van der Waals surface area contributed by atoms with E-state index in [0.29, 0.717) is 10.0 Å². The minimum atomic E-state index is -0.276. The van der Waals surface area contributed by atoms with Crippen LogP contribution in [-0.4, -0.2) is 0 Å². The zero-order valence-electron chi connectivity index (χ0n) is 8.81. The zero-order chi connectivity index (χ0) is 12.6. The number of halogens is 4. The Morgan fingerprint density at radius 1 is 1.00 bits per heavy atom. The molecule has 1 aromatic carbocycles. The van der Waals surface area contributed by atoms with Crippen molar-refractivity contribution in [2.75, 3.05) is 0 Å². The van der Waals surface area contributed by atoms with Crippen LogP contribution in [0.5, 0.6) is 0 Å². The van der Waals surface area contributed by atoms with Gasteiger partial charge in [-0.15, -0.1) is 22.9 Å². The molecule has 0 aliphatic carbocycles. The van der Waals surface area contributed by atoms with Gasteiger partial charge in [-0.25, -0.2) is 0 Å². The third-order valence-electron chi connectivity index (χ3n) is 2.30. The van der Waals surface area contributed by atoms with Gasteiger partial charge >= 0.3 is 0 Å². The van der Waals surface area contributed by atoms with Gasteiger partial charge in [-0.2, -0.15) is 0 Å². The fourth-order valence-corrected chi connectivity index (χ4v) is 3.58. The molecular formula is C12H8Cl4S. The van der Waals surface area contributed by atoms with Crippen LogP contribution < -0.4 is 0 Å². The standard InChI is InChI=1S/C12H8Cl4S/c1-6-2-10(17-12(6)16)11(15)7-3-8(13)5-9(14)4-7/h2-5,11H,1H3. The van der Waals surface area contributed by atoms with Crippen LogP contribution in [0.1, 0.15) is 21.4 Å². The van der Waals surface area contributed by atoms with E-state index in [9.17, 15) is 0 Å². The molecule has 2 aromatic rings. The average molecular weight is 326 g/mol. The summed E-state index contributed by atoms with van der Waals surface area (Å²) in [6, 6.07) is 7.30. The van der Waals surface area contributed by atoms with Crippen LogP contribution in [0.15, 0.2) is 24.3 Å². The molecule has 17 heavy (non-hydrogen) atoms. The highest BCUT2D eigenvalue weighted by Crippen LogP contribution is 2.39. The first-order chi connectivity index (χ1) is 7.97. The number of hydrogen-bond acceptors (Lipinski definition) is 1. The number of thiophene rings is 1. The van der Waals surface area contributed by atoms with Crippen LogP contribution in [0.4, 0.5) is 0 Å². The molecular weight excluding hydrogens is 318 g/mol. The molecule has 0 N–H and O–H groups in total. The SMILES string of the molecule is Cc1cc(C(Cl)c2cc(Cl)cc(Cl)c2)sc1Cl. The van der Waals surface area contributed by atoms with Crippen LogP contribution in [0.3, 0.4) is 0 Å². The van der Waals surface area contributed by atoms with Gasteiger partial charge in [-0.05, 0) is 42.3 Å². The Morgan fingerprint density at radius 2 is 1.59 bits per heavy atom. The third kappa shape index (κ3) is 3.10. The minimum Gasteiger partial charge on any atom is -0.126 e. The molecule has 0 nitrogen and oxygen atoms in total. The predicted molar refractivity (Wildman–Crippen MR) is 78.2 cm³/mol. The van der Waals surface area contributed by atoms with Gasteiger partial charge in [0.05, 0.1) is 9.71 Å². The summed E-state index contributed by atoms with van der Waals surface area (Å²) in [6.07, 6.45) is 0. The first-order valence-electron chi connectivity index (χ1n) is 4.83. The van der Waals surface area contributed by atoms with E-state index < -0.39 is 0 Å². The lowest BCUT2D eigenvalue weighted by Crippen LogP contribution is -1.90. The number of aryl methyl sites for hydroxylation is 1. The van der Waals surface area contributed by atoms with Gasteiger partial charge in [0, 0.05) is 14.9 Å². The highest BCUT2D eigenvalue weighted by Gasteiger charge is 2.16. The molecule has 0 fully saturated rings. The summed E-state index contributed by atoms with van der Waals surface area (Å²) in [5.74, 6) is 0. The molecule has 0 saturated carbocycles. The lowest BCUT2D eigenvalue weighted by atomic mass is 10.1. The summed E-state index contributed by atoms with van der Waals surface area (Å²) >= 11 is 25.8. The first-order valence-corrected chi connectivity index (χ1v) is 7.22. The highest BCUT2D eigenvalue weighted by molar-refractivity contribution is 7.16. The lowest BCUT2D eigenvalue weighted by molar-refractivity contribution is 1.18. The topological polar surface area (TPSA) is 0 Å². The van der Waals surface area contributed by atoms with E-state index in [4.69, 9.17) is 46.4 Å². The Morgan fingerprint density at radius 3 is 2.06 bits per heavy atom. The van der Waals surface area contributed by atoms with E-state index in [1.165, 1.54) is 11.3 Å². The summed E-state index contributed by atoms with van der Waals surface area (Å²) in [7, 11) is 0. The maximum Gasteiger partial charge on any atom is 0.0960 e. The number of rotatable bonds is 2. The van der Waals surface area contributed by atoms with Gasteiger partial charge in [-0.3, -0.25) is 0 Å². The maximum atomic E-state index is 6.40. The number of hydrogen-bond donors (Lipinski definition) is 0. The van der Waals surface area contributed by atoms with Crippen molar-refractivity contribution >= 4 is 57.7 Å². The van der Waals surface area contributed by atoms with E-state index in [2.05, 4.69) is 0 Å². The molecule has 0 bridgehead atoms. The van der Waals surface area contributed by atoms with Crippen molar-refractivity contribution in [2.24, 2.45) is 0 Å². The van der Waals surface area contributed by atoms with Gasteiger partial charge in [0.15, 0.2) is 0 Å². The number of benzene rings is 1. The Hall–Kier alpha value is 0.0800. The second kappa shape index (κ2) is 5.38. The van der Waals surface area contributed by atoms with Gasteiger partial charge in [0.2, 0.25) is 0 Å². The summed E-state index contributed by atoms with van der Waals surface area (Å²) in [6.45, 7) is 1.96. The van der Waals surface area contributed by atoms with Gasteiger partial charge < -0.3 is 0 Å². The fraction of sp³-hybridized carbons (Fsp3) is 0.167. The zero-order valence-corrected chi connectivity index (χ0v) is 12.6. The summed E-state index contributed by atoms with van der Waals surface area (Å²) in [5, 5.41) is 0.887. The second-order valence-corrected chi connectivity index (χ2v) is 6.67. The van der Waals surface area contributed by atoms with Crippen molar-refractivity contribution in [1.82, 2.24) is 0 Å². The van der Waals surface area contributed by atoms with Crippen molar-refractivity contribution in [3.05, 3.63) is 54.7 Å². The van der Waals surface area contributed by atoms with E-state index in [1.807, 2.05) is 25.1 Å². The normalized spacial score (nSPS) is 12.8. The smallest absolute Gasteiger partial charge is 0.0960 e. The predicted octanol–water partition coefficient (Wildman–Crippen LogP) is 6.34. The molecule has 0 amide bonds. The molecule has 2 rings (SSSR count). The molecule has 1 unspecified atom stereocenters. The van der Waals surface area contributed by atoms with Crippen LogP contribution in [-0.2, 0) is 0 Å². The molecule has 1 aromatic heterocycles. The molecule has 0 aliphatic rings. The van der Waals surface area contributed by atoms with E-state index in [1.54, 1.807) is 6.07 Å². The molecule has 5 heteroatoms. The highest BCUT2D eigenvalue weighted by atomic mass is 35.5. The quantitative estimate of drug-likeness (QED) is 0.565. The Kier molecular flexibility index (Phi) is 4.27. The van der Waals surface area contributed by atoms with Crippen molar-refractivity contribution in [1.29, 1.82) is 0 Å². The van der Waals surface area contributed by atoms with Gasteiger partial charge in [0.1, 0.15) is 0 Å². The molecule has 0 aliphatic heterocycles. The monoisotopic (exact) mass is 324 g/mol. The van der Waals surface area contributed by atoms with Crippen molar-refractivity contribution in [3.8, 4) is 0 Å². The van der Waals surface area contributed by atoms with E-state index in [-0.39, 0.29) is 5.38 Å². The molecule has 0 radical (unpaired) electrons. The molecule has 1 heterocycles. The largest absolute Gasteiger partial charge is 0.126 e. The van der Waals surface area contributed by atoms with Crippen molar-refractivity contribution in [2.45, 2.75) is 12.3 Å². The van der Waals surface area contributed by atoms with Crippen LogP contribution in [0.25, 0.3) is 0 Å². The van der Waals surface area contributed by atoms with Gasteiger partial charge in [-0.1, -0.05) is 34.8 Å². The lowest BCUT2D eigenvalue weighted by Gasteiger charge is -2.08. The Balaban J connectivity index is 2.39. The molecule has 0 spiro atoms. The van der Waals surface area contributed by atoms with Gasteiger partial charge in [0.25, 0.3) is 0 Å². The van der Waals surface area contributed by atoms with Crippen molar-refractivity contribution < 1.29 is 0 Å². The average Bonchev–Trinajstić information content (AvgIpc) is 2.57. The summed E-state index contributed by atoms with van der Waals surface area (Å²) < 4.78 is 0.763. The maximum absolute atomic E-state index is 6.40. The van der Waals surface area contributed by atoms with E-state index in [0.717, 1.165) is 20.3 Å².